The molecule has 2 N–H and O–H groups in total. The maximum Gasteiger partial charge on any atom is 0.0470 e. The molecule has 0 aliphatic rings. The first-order valence-electron chi connectivity index (χ1n) is 9.64. The summed E-state index contributed by atoms with van der Waals surface area (Å²) in [5.74, 6) is 0. The van der Waals surface area contributed by atoms with E-state index in [1.165, 1.54) is 65.2 Å². The summed E-state index contributed by atoms with van der Waals surface area (Å²) in [6.45, 7) is 0. The summed E-state index contributed by atoms with van der Waals surface area (Å²) in [5.41, 5.74) is 4.72. The third-order valence-electron chi connectivity index (χ3n) is 6.10. The van der Waals surface area contributed by atoms with Gasteiger partial charge in [-0.15, -0.1) is 0 Å². The van der Waals surface area contributed by atoms with Gasteiger partial charge in [0.05, 0.1) is 0 Å². The zero-order valence-corrected chi connectivity index (χ0v) is 15.1. The second kappa shape index (κ2) is 4.93. The van der Waals surface area contributed by atoms with E-state index < -0.39 is 0 Å². The molecule has 0 aliphatic carbocycles. The fourth-order valence-electron chi connectivity index (χ4n) is 5.01. The molecular weight excluding hydrogens is 340 g/mol. The molecule has 2 heteroatoms. The normalized spacial score (nSPS) is 12.3. The number of nitrogens with one attached hydrogen (secondary N) is 2. The van der Waals surface area contributed by atoms with E-state index >= 15 is 0 Å². The molecule has 0 fully saturated rings. The number of para-hydroxylation sites is 2. The van der Waals surface area contributed by atoms with Gasteiger partial charge in [-0.25, -0.2) is 0 Å². The van der Waals surface area contributed by atoms with Gasteiger partial charge in [0.15, 0.2) is 0 Å². The number of aromatic amines is 2. The first-order valence-corrected chi connectivity index (χ1v) is 9.64. The van der Waals surface area contributed by atoms with Gasteiger partial charge in [-0.05, 0) is 35.0 Å². The van der Waals surface area contributed by atoms with Crippen LogP contribution in [0.25, 0.3) is 65.2 Å². The molecule has 0 radical (unpaired) electrons. The Morgan fingerprint density at radius 3 is 1.21 bits per heavy atom. The largest absolute Gasteiger partial charge is 0.354 e. The monoisotopic (exact) mass is 356 g/mol. The standard InChI is InChI=1S/C26H16N2/c1-3-11-19-15(7-1)23-17-9-5-14-22-26(17)24(16-8-2-4-12-20(16)28-22)18-10-6-13-21(27-19)25(18)23/h1-14,27-28H. The minimum Gasteiger partial charge on any atom is -0.354 e. The number of hydrogen-bond acceptors (Lipinski definition) is 0. The van der Waals surface area contributed by atoms with Crippen LogP contribution in [0.4, 0.5) is 0 Å². The highest BCUT2D eigenvalue weighted by Gasteiger charge is 2.17. The van der Waals surface area contributed by atoms with Gasteiger partial charge in [-0.3, -0.25) is 0 Å². The van der Waals surface area contributed by atoms with E-state index in [2.05, 4.69) is 94.9 Å². The van der Waals surface area contributed by atoms with Crippen molar-refractivity contribution >= 4 is 65.2 Å². The van der Waals surface area contributed by atoms with E-state index in [1.807, 2.05) is 0 Å². The van der Waals surface area contributed by atoms with Crippen LogP contribution >= 0.6 is 0 Å². The van der Waals surface area contributed by atoms with Crippen LogP contribution < -0.4 is 0 Å². The van der Waals surface area contributed by atoms with Gasteiger partial charge in [0.2, 0.25) is 0 Å². The van der Waals surface area contributed by atoms with Gasteiger partial charge in [0, 0.05) is 54.4 Å². The van der Waals surface area contributed by atoms with Crippen molar-refractivity contribution in [2.45, 2.75) is 0 Å². The summed E-state index contributed by atoms with van der Waals surface area (Å²) in [7, 11) is 0. The van der Waals surface area contributed by atoms with E-state index in [0.29, 0.717) is 0 Å². The molecule has 130 valence electrons. The van der Waals surface area contributed by atoms with Crippen LogP contribution in [0.5, 0.6) is 0 Å². The third-order valence-corrected chi connectivity index (χ3v) is 6.10. The van der Waals surface area contributed by atoms with E-state index in [4.69, 9.17) is 0 Å². The summed E-state index contributed by atoms with van der Waals surface area (Å²) in [6, 6.07) is 30.5. The molecule has 5 aromatic carbocycles. The number of hydrogen-bond donors (Lipinski definition) is 2. The van der Waals surface area contributed by atoms with E-state index in [-0.39, 0.29) is 0 Å². The average molecular weight is 356 g/mol. The zero-order chi connectivity index (χ0) is 18.2. The predicted molar refractivity (Wildman–Crippen MR) is 120 cm³/mol. The molecule has 7 aromatic rings. The Labute approximate surface area is 160 Å². The van der Waals surface area contributed by atoms with Crippen molar-refractivity contribution < 1.29 is 0 Å². The van der Waals surface area contributed by atoms with E-state index in [9.17, 15) is 0 Å². The lowest BCUT2D eigenvalue weighted by Gasteiger charge is -2.18. The molecule has 2 aromatic heterocycles. The van der Waals surface area contributed by atoms with Gasteiger partial charge < -0.3 is 9.97 Å². The van der Waals surface area contributed by atoms with Gasteiger partial charge in [0.25, 0.3) is 0 Å². The number of H-pyrrole nitrogens is 2. The number of fused-ring (bicyclic) bond motifs is 6. The Morgan fingerprint density at radius 2 is 0.714 bits per heavy atom. The van der Waals surface area contributed by atoms with Crippen LogP contribution in [0.3, 0.4) is 0 Å². The molecule has 0 bridgehead atoms. The Morgan fingerprint density at radius 1 is 0.321 bits per heavy atom. The zero-order valence-electron chi connectivity index (χ0n) is 15.1. The summed E-state index contributed by atoms with van der Waals surface area (Å²) < 4.78 is 0. The minimum absolute atomic E-state index is 1.17. The average Bonchev–Trinajstić information content (AvgIpc) is 2.75. The molecule has 0 spiro atoms. The molecule has 0 atom stereocenters. The summed E-state index contributed by atoms with van der Waals surface area (Å²) in [4.78, 5) is 7.32. The van der Waals surface area contributed by atoms with Crippen LogP contribution in [-0.2, 0) is 0 Å². The highest BCUT2D eigenvalue weighted by atomic mass is 14.7. The van der Waals surface area contributed by atoms with Crippen molar-refractivity contribution in [3.05, 3.63) is 84.9 Å². The number of benzene rings is 5. The van der Waals surface area contributed by atoms with Crippen LogP contribution in [0, 0.1) is 0 Å². The quantitative estimate of drug-likeness (QED) is 0.212. The Balaban J connectivity index is 1.98. The molecule has 0 aliphatic heterocycles. The second-order valence-corrected chi connectivity index (χ2v) is 7.55. The molecule has 2 heterocycles. The van der Waals surface area contributed by atoms with Crippen molar-refractivity contribution in [1.82, 2.24) is 9.97 Å². The molecular formula is C26H16N2. The number of pyridine rings is 2. The Kier molecular flexibility index (Phi) is 2.52. The lowest BCUT2D eigenvalue weighted by Crippen LogP contribution is -1.93. The van der Waals surface area contributed by atoms with Crippen LogP contribution in [-0.4, -0.2) is 9.97 Å². The maximum absolute atomic E-state index is 3.66. The van der Waals surface area contributed by atoms with Crippen molar-refractivity contribution in [3.63, 3.8) is 0 Å². The van der Waals surface area contributed by atoms with Crippen molar-refractivity contribution in [1.29, 1.82) is 0 Å². The lowest BCUT2D eigenvalue weighted by atomic mass is 9.89. The first kappa shape index (κ1) is 14.3. The van der Waals surface area contributed by atoms with Gasteiger partial charge in [0.1, 0.15) is 0 Å². The summed E-state index contributed by atoms with van der Waals surface area (Å²) in [6.07, 6.45) is 0. The van der Waals surface area contributed by atoms with Gasteiger partial charge >= 0.3 is 0 Å². The molecule has 2 nitrogen and oxygen atoms in total. The van der Waals surface area contributed by atoms with Crippen LogP contribution in [0.2, 0.25) is 0 Å². The van der Waals surface area contributed by atoms with Crippen LogP contribution in [0.15, 0.2) is 84.9 Å². The van der Waals surface area contributed by atoms with Crippen molar-refractivity contribution in [2.24, 2.45) is 0 Å². The second-order valence-electron chi connectivity index (χ2n) is 7.55. The maximum atomic E-state index is 3.66. The topological polar surface area (TPSA) is 31.6 Å². The first-order chi connectivity index (χ1) is 13.9. The van der Waals surface area contributed by atoms with Crippen molar-refractivity contribution in [2.75, 3.05) is 0 Å². The smallest absolute Gasteiger partial charge is 0.0470 e. The van der Waals surface area contributed by atoms with Crippen molar-refractivity contribution in [3.8, 4) is 0 Å². The molecule has 28 heavy (non-hydrogen) atoms. The predicted octanol–water partition coefficient (Wildman–Crippen LogP) is 7.26. The molecule has 7 rings (SSSR count). The lowest BCUT2D eigenvalue weighted by molar-refractivity contribution is 1.50. The SMILES string of the molecule is c1ccc2c(c1)[nH]c1cccc3c1c2c1cccc2[nH]c4ccccc4c3c21. The molecule has 0 saturated heterocycles. The van der Waals surface area contributed by atoms with Crippen LogP contribution in [0.1, 0.15) is 0 Å². The summed E-state index contributed by atoms with van der Waals surface area (Å²) >= 11 is 0. The minimum atomic E-state index is 1.17. The fourth-order valence-corrected chi connectivity index (χ4v) is 5.01. The van der Waals surface area contributed by atoms with E-state index in [0.717, 1.165) is 0 Å². The molecule has 0 saturated carbocycles. The molecule has 0 unspecified atom stereocenters. The van der Waals surface area contributed by atoms with Gasteiger partial charge in [-0.2, -0.15) is 0 Å². The highest BCUT2D eigenvalue weighted by molar-refractivity contribution is 6.40. The Hall–Kier alpha value is -3.78. The fraction of sp³-hybridized carbons (Fsp3) is 0. The Bertz CT molecular complexity index is 1580. The summed E-state index contributed by atoms with van der Waals surface area (Å²) in [5, 5.41) is 10.5. The van der Waals surface area contributed by atoms with E-state index in [1.54, 1.807) is 0 Å². The highest BCUT2D eigenvalue weighted by Crippen LogP contribution is 2.44. The number of rotatable bonds is 0. The molecule has 0 amide bonds. The van der Waals surface area contributed by atoms with Gasteiger partial charge in [-0.1, -0.05) is 60.7 Å². The number of aromatic nitrogens is 2. The third kappa shape index (κ3) is 1.64.